The lowest BCUT2D eigenvalue weighted by Gasteiger charge is -2.14. The molecule has 0 aliphatic heterocycles. The molecule has 5 nitrogen and oxygen atoms in total. The molecule has 0 saturated carbocycles. The van der Waals surface area contributed by atoms with Crippen LogP contribution in [-0.2, 0) is 20.4 Å². The summed E-state index contributed by atoms with van der Waals surface area (Å²) in [4.78, 5) is 0.0472. The van der Waals surface area contributed by atoms with Crippen molar-refractivity contribution in [1.82, 2.24) is 9.78 Å². The molecule has 0 N–H and O–H groups in total. The Morgan fingerprint density at radius 1 is 1.47 bits per heavy atom. The highest BCUT2D eigenvalue weighted by Gasteiger charge is 2.22. The zero-order chi connectivity index (χ0) is 14.5. The number of rotatable bonds is 8. The van der Waals surface area contributed by atoms with Gasteiger partial charge in [0.15, 0.2) is 0 Å². The Bertz CT molecular complexity index is 499. The monoisotopic (exact) mass is 308 g/mol. The quantitative estimate of drug-likeness (QED) is 0.547. The highest BCUT2D eigenvalue weighted by Crippen LogP contribution is 2.24. The molecule has 110 valence electrons. The fourth-order valence-electron chi connectivity index (χ4n) is 1.68. The molecular weight excluding hydrogens is 288 g/mol. The molecule has 0 aromatic carbocycles. The number of unbranched alkanes of at least 4 members (excludes halogenated alkanes) is 1. The molecule has 19 heavy (non-hydrogen) atoms. The Morgan fingerprint density at radius 2 is 2.16 bits per heavy atom. The van der Waals surface area contributed by atoms with Crippen molar-refractivity contribution < 1.29 is 13.2 Å². The minimum atomic E-state index is -3.79. The zero-order valence-corrected chi connectivity index (χ0v) is 13.2. The summed E-state index contributed by atoms with van der Waals surface area (Å²) < 4.78 is 30.2. The third-order valence-corrected chi connectivity index (χ3v) is 4.38. The molecule has 1 heterocycles. The molecule has 0 aliphatic carbocycles. The second-order valence-corrected chi connectivity index (χ2v) is 7.04. The summed E-state index contributed by atoms with van der Waals surface area (Å²) in [7, 11) is 1.64. The average molecular weight is 309 g/mol. The van der Waals surface area contributed by atoms with Crippen LogP contribution in [0, 0.1) is 0 Å². The minimum Gasteiger partial charge on any atom is -0.375 e. The van der Waals surface area contributed by atoms with E-state index in [1.165, 1.54) is 6.20 Å². The van der Waals surface area contributed by atoms with Gasteiger partial charge >= 0.3 is 0 Å². The van der Waals surface area contributed by atoms with Crippen LogP contribution in [0.15, 0.2) is 11.1 Å². The Hall–Kier alpha value is -0.590. The molecule has 0 bridgehead atoms. The fraction of sp³-hybridized carbons (Fsp3) is 0.750. The Labute approximate surface area is 119 Å². The van der Waals surface area contributed by atoms with Crippen molar-refractivity contribution in [3.63, 3.8) is 0 Å². The lowest BCUT2D eigenvalue weighted by molar-refractivity contribution is 0.109. The van der Waals surface area contributed by atoms with Crippen LogP contribution in [0.3, 0.4) is 0 Å². The van der Waals surface area contributed by atoms with E-state index in [2.05, 4.69) is 12.0 Å². The fourth-order valence-corrected chi connectivity index (χ4v) is 2.67. The lowest BCUT2D eigenvalue weighted by atomic mass is 10.2. The van der Waals surface area contributed by atoms with Crippen LogP contribution in [0.25, 0.3) is 0 Å². The molecule has 1 rings (SSSR count). The number of ether oxygens (including phenoxy) is 1. The molecule has 0 fully saturated rings. The van der Waals surface area contributed by atoms with Gasteiger partial charge in [-0.1, -0.05) is 20.3 Å². The van der Waals surface area contributed by atoms with Gasteiger partial charge in [0.05, 0.1) is 18.5 Å². The van der Waals surface area contributed by atoms with Gasteiger partial charge in [0.1, 0.15) is 4.90 Å². The van der Waals surface area contributed by atoms with Crippen molar-refractivity contribution in [3.8, 4) is 0 Å². The largest absolute Gasteiger partial charge is 0.375 e. The van der Waals surface area contributed by atoms with E-state index in [9.17, 15) is 8.42 Å². The van der Waals surface area contributed by atoms with Gasteiger partial charge in [0.25, 0.3) is 9.05 Å². The number of hydrogen-bond donors (Lipinski definition) is 0. The van der Waals surface area contributed by atoms with E-state index in [4.69, 9.17) is 15.4 Å². The number of hydrogen-bond acceptors (Lipinski definition) is 4. The molecule has 0 amide bonds. The van der Waals surface area contributed by atoms with Crippen LogP contribution < -0.4 is 0 Å². The van der Waals surface area contributed by atoms with E-state index in [0.717, 1.165) is 19.3 Å². The maximum atomic E-state index is 11.5. The molecule has 1 atom stereocenters. The highest BCUT2D eigenvalue weighted by molar-refractivity contribution is 8.13. The minimum absolute atomic E-state index is 0.0472. The van der Waals surface area contributed by atoms with Gasteiger partial charge in [-0.25, -0.2) is 8.42 Å². The predicted molar refractivity (Wildman–Crippen MR) is 74.8 cm³/mol. The second-order valence-electron chi connectivity index (χ2n) is 4.50. The molecule has 1 unspecified atom stereocenters. The van der Waals surface area contributed by atoms with Gasteiger partial charge in [-0.2, -0.15) is 5.10 Å². The smallest absolute Gasteiger partial charge is 0.264 e. The molecule has 7 heteroatoms. The number of nitrogens with zero attached hydrogens (tertiary/aromatic N) is 2. The van der Waals surface area contributed by atoms with E-state index in [0.29, 0.717) is 12.3 Å². The van der Waals surface area contributed by atoms with Crippen LogP contribution in [0.1, 0.15) is 51.8 Å². The highest BCUT2D eigenvalue weighted by atomic mass is 35.7. The van der Waals surface area contributed by atoms with Gasteiger partial charge in [0, 0.05) is 23.3 Å². The molecule has 0 spiro atoms. The Kier molecular flexibility index (Phi) is 6.29. The normalized spacial score (nSPS) is 13.7. The van der Waals surface area contributed by atoms with E-state index in [1.54, 1.807) is 4.68 Å². The van der Waals surface area contributed by atoms with Crippen molar-refractivity contribution in [1.29, 1.82) is 0 Å². The summed E-state index contributed by atoms with van der Waals surface area (Å²) in [6.45, 7) is 6.88. The predicted octanol–water partition coefficient (Wildman–Crippen LogP) is 3.10. The van der Waals surface area contributed by atoms with Gasteiger partial charge in [0.2, 0.25) is 0 Å². The first-order valence-corrected chi connectivity index (χ1v) is 8.81. The number of aromatic nitrogens is 2. The van der Waals surface area contributed by atoms with Gasteiger partial charge < -0.3 is 4.74 Å². The van der Waals surface area contributed by atoms with Crippen molar-refractivity contribution >= 4 is 19.7 Å². The van der Waals surface area contributed by atoms with E-state index in [1.807, 2.05) is 13.8 Å². The summed E-state index contributed by atoms with van der Waals surface area (Å²) in [6, 6.07) is 0.108. The lowest BCUT2D eigenvalue weighted by Crippen LogP contribution is -2.12. The maximum absolute atomic E-state index is 11.5. The summed E-state index contributed by atoms with van der Waals surface area (Å²) in [5, 5.41) is 4.13. The first-order valence-electron chi connectivity index (χ1n) is 6.50. The third-order valence-electron chi connectivity index (χ3n) is 3.01. The van der Waals surface area contributed by atoms with Crippen LogP contribution in [0.5, 0.6) is 0 Å². The van der Waals surface area contributed by atoms with E-state index in [-0.39, 0.29) is 17.5 Å². The standard InChI is InChI=1S/C12H21ClN2O3S/c1-4-6-7-18-9-11-12(19(13,16)17)8-14-15(11)10(3)5-2/h8,10H,4-7,9H2,1-3H3. The van der Waals surface area contributed by atoms with Crippen molar-refractivity contribution in [2.24, 2.45) is 0 Å². The zero-order valence-electron chi connectivity index (χ0n) is 11.6. The van der Waals surface area contributed by atoms with Crippen LogP contribution in [0.4, 0.5) is 0 Å². The molecule has 0 aliphatic rings. The van der Waals surface area contributed by atoms with Crippen LogP contribution in [-0.4, -0.2) is 24.8 Å². The van der Waals surface area contributed by atoms with Crippen molar-refractivity contribution in [3.05, 3.63) is 11.9 Å². The first-order chi connectivity index (χ1) is 8.91. The Balaban J connectivity index is 2.98. The average Bonchev–Trinajstić information content (AvgIpc) is 2.77. The van der Waals surface area contributed by atoms with Crippen LogP contribution in [0.2, 0.25) is 0 Å². The van der Waals surface area contributed by atoms with Crippen molar-refractivity contribution in [2.45, 2.75) is 57.6 Å². The van der Waals surface area contributed by atoms with E-state index >= 15 is 0 Å². The summed E-state index contributed by atoms with van der Waals surface area (Å²) in [5.41, 5.74) is 0.528. The Morgan fingerprint density at radius 3 is 2.68 bits per heavy atom. The molecule has 0 radical (unpaired) electrons. The molecule has 1 aromatic rings. The third kappa shape index (κ3) is 4.47. The van der Waals surface area contributed by atoms with Gasteiger partial charge in [-0.3, -0.25) is 4.68 Å². The molecule has 1 aromatic heterocycles. The summed E-state index contributed by atoms with van der Waals surface area (Å²) in [5.74, 6) is 0. The molecular formula is C12H21ClN2O3S. The second kappa shape index (κ2) is 7.26. The summed E-state index contributed by atoms with van der Waals surface area (Å²) >= 11 is 0. The first kappa shape index (κ1) is 16.5. The SMILES string of the molecule is CCCCOCc1c(S(=O)(=O)Cl)cnn1C(C)CC. The van der Waals surface area contributed by atoms with Gasteiger partial charge in [-0.05, 0) is 19.8 Å². The molecule has 0 saturated heterocycles. The topological polar surface area (TPSA) is 61.2 Å². The van der Waals surface area contributed by atoms with E-state index < -0.39 is 9.05 Å². The van der Waals surface area contributed by atoms with Crippen molar-refractivity contribution in [2.75, 3.05) is 6.61 Å². The summed E-state index contributed by atoms with van der Waals surface area (Å²) in [6.07, 6.45) is 4.13. The van der Waals surface area contributed by atoms with Gasteiger partial charge in [-0.15, -0.1) is 0 Å². The maximum Gasteiger partial charge on any atom is 0.264 e. The number of halogens is 1. The van der Waals surface area contributed by atoms with Crippen LogP contribution >= 0.6 is 10.7 Å².